The van der Waals surface area contributed by atoms with Gasteiger partial charge in [-0.15, -0.1) is 0 Å². The molecule has 0 aromatic carbocycles. The van der Waals surface area contributed by atoms with Gasteiger partial charge >= 0.3 is 32.0 Å². The van der Waals surface area contributed by atoms with Crippen LogP contribution < -0.4 is 0 Å². The van der Waals surface area contributed by atoms with Crippen molar-refractivity contribution in [3.63, 3.8) is 0 Å². The molecule has 0 saturated carbocycles. The first-order valence-electron chi connectivity index (χ1n) is 1.82. The van der Waals surface area contributed by atoms with Gasteiger partial charge in [-0.3, -0.25) is 0 Å². The summed E-state index contributed by atoms with van der Waals surface area (Å²) in [5, 5.41) is 0. The van der Waals surface area contributed by atoms with Gasteiger partial charge in [0.25, 0.3) is 0 Å². The number of hydrogen-bond donors (Lipinski definition) is 0. The second-order valence-corrected chi connectivity index (χ2v) is 1.09. The molecule has 0 bridgehead atoms. The molecule has 2 heteroatoms. The molecule has 0 unspecified atom stereocenters. The average Bonchev–Trinajstić information content (AvgIpc) is 1.76. The Kier molecular flexibility index (Phi) is 0.827. The van der Waals surface area contributed by atoms with Crippen LogP contribution in [0.2, 0.25) is 0 Å². The standard InChI is InChI=1S/C3H4B2/c1-2-4-5-3-1/h2-3H,1H2. The summed E-state index contributed by atoms with van der Waals surface area (Å²) in [7, 11) is 0. The van der Waals surface area contributed by atoms with Gasteiger partial charge in [-0.2, -0.15) is 0 Å². The van der Waals surface area contributed by atoms with Crippen molar-refractivity contribution in [2.75, 3.05) is 0 Å². The molecule has 1 aliphatic rings. The van der Waals surface area contributed by atoms with Crippen LogP contribution in [0.4, 0.5) is 0 Å². The zero-order valence-corrected chi connectivity index (χ0v) is 3.02. The molecule has 1 heterocycles. The first-order valence-corrected chi connectivity index (χ1v) is 1.82. The van der Waals surface area contributed by atoms with Crippen molar-refractivity contribution < 1.29 is 0 Å². The summed E-state index contributed by atoms with van der Waals surface area (Å²) in [4.78, 5) is 0. The van der Waals surface area contributed by atoms with E-state index < -0.39 is 0 Å². The van der Waals surface area contributed by atoms with Crippen LogP contribution >= 0.6 is 0 Å². The summed E-state index contributed by atoms with van der Waals surface area (Å²) in [6.07, 6.45) is 1.14. The average molecular weight is 61.7 g/mol. The van der Waals surface area contributed by atoms with E-state index in [9.17, 15) is 0 Å². The summed E-state index contributed by atoms with van der Waals surface area (Å²) >= 11 is 0. The fourth-order valence-electron chi connectivity index (χ4n) is 0.393. The second-order valence-electron chi connectivity index (χ2n) is 1.09. The molecular weight excluding hydrogens is 57.7 g/mol. The molecule has 0 fully saturated rings. The maximum atomic E-state index is 2.12. The van der Waals surface area contributed by atoms with Crippen molar-refractivity contribution in [2.24, 2.45) is 0 Å². The predicted molar refractivity (Wildman–Crippen MR) is 28.3 cm³/mol. The van der Waals surface area contributed by atoms with E-state index in [1.165, 1.54) is 0 Å². The Morgan fingerprint density at radius 1 is 1.20 bits per heavy atom. The molecule has 0 aliphatic carbocycles. The van der Waals surface area contributed by atoms with Crippen LogP contribution in [0.3, 0.4) is 0 Å². The molecule has 0 amide bonds. The van der Waals surface area contributed by atoms with Crippen LogP contribution in [-0.4, -0.2) is 25.6 Å². The molecule has 0 atom stereocenters. The van der Waals surface area contributed by atoms with Gasteiger partial charge in [0.1, 0.15) is 0 Å². The van der Waals surface area contributed by atoms with Crippen molar-refractivity contribution in [2.45, 2.75) is 6.42 Å². The summed E-state index contributed by atoms with van der Waals surface area (Å²) in [5.74, 6) is 4.25. The van der Waals surface area contributed by atoms with Crippen molar-refractivity contribution in [1.29, 1.82) is 0 Å². The Bertz CT molecular complexity index is 63.0. The molecule has 0 radical (unpaired) electrons. The van der Waals surface area contributed by atoms with Crippen molar-refractivity contribution in [3.05, 3.63) is 0 Å². The third kappa shape index (κ3) is 0.571. The van der Waals surface area contributed by atoms with Gasteiger partial charge in [-0.25, -0.2) is 0 Å². The second kappa shape index (κ2) is 1.34. The predicted octanol–water partition coefficient (Wildman–Crippen LogP) is -0.682. The minimum atomic E-state index is 1.14. The molecule has 1 aliphatic heterocycles. The molecule has 0 aromatic rings. The van der Waals surface area contributed by atoms with E-state index in [-0.39, 0.29) is 0 Å². The molecule has 5 heavy (non-hydrogen) atoms. The van der Waals surface area contributed by atoms with E-state index in [1.807, 2.05) is 0 Å². The van der Waals surface area contributed by atoms with E-state index in [0.29, 0.717) is 0 Å². The van der Waals surface area contributed by atoms with Gasteiger partial charge in [-0.05, 0) is 0 Å². The van der Waals surface area contributed by atoms with Gasteiger partial charge in [0.15, 0.2) is 0 Å². The maximum absolute atomic E-state index is 2.12. The van der Waals surface area contributed by atoms with Gasteiger partial charge in [-0.1, -0.05) is 0 Å². The summed E-state index contributed by atoms with van der Waals surface area (Å²) in [6.45, 7) is 4.11. The zero-order valence-electron chi connectivity index (χ0n) is 3.02. The monoisotopic (exact) mass is 62.0 g/mol. The number of hydrogen-bond acceptors (Lipinski definition) is 0. The molecule has 22 valence electrons. The first kappa shape index (κ1) is 3.08. The third-order valence-corrected chi connectivity index (χ3v) is 0.655. The molecule has 0 nitrogen and oxygen atoms in total. The SMILES string of the molecule is B1=CCC=B1. The van der Waals surface area contributed by atoms with Crippen molar-refractivity contribution in [3.8, 4) is 0 Å². The van der Waals surface area contributed by atoms with E-state index in [0.717, 1.165) is 6.42 Å². The Morgan fingerprint density at radius 3 is 2.00 bits per heavy atom. The normalized spacial score (nSPS) is 14.4. The zero-order chi connectivity index (χ0) is 3.54. The summed E-state index contributed by atoms with van der Waals surface area (Å²) < 4.78 is 0. The molecule has 0 saturated heterocycles. The Hall–Kier alpha value is -0.130. The molecule has 0 aromatic heterocycles. The van der Waals surface area contributed by atoms with Crippen LogP contribution in [0.25, 0.3) is 0 Å². The minimum absolute atomic E-state index is 1.14. The Balaban J connectivity index is 2.61. The van der Waals surface area contributed by atoms with Crippen LogP contribution in [-0.2, 0) is 0 Å². The van der Waals surface area contributed by atoms with Crippen molar-refractivity contribution >= 4 is 25.6 Å². The van der Waals surface area contributed by atoms with Crippen molar-refractivity contribution in [1.82, 2.24) is 0 Å². The molecule has 1 rings (SSSR count). The van der Waals surface area contributed by atoms with Crippen LogP contribution in [0.5, 0.6) is 0 Å². The fraction of sp³-hybridized carbons (Fsp3) is 0.333. The molecular formula is C3H4B2. The topological polar surface area (TPSA) is 0 Å². The van der Waals surface area contributed by atoms with E-state index >= 15 is 0 Å². The Morgan fingerprint density at radius 2 is 1.80 bits per heavy atom. The third-order valence-electron chi connectivity index (χ3n) is 0.655. The number of rotatable bonds is 0. The quantitative estimate of drug-likeness (QED) is 0.326. The van der Waals surface area contributed by atoms with E-state index in [1.54, 1.807) is 0 Å². The Labute approximate surface area is 33.0 Å². The molecule has 0 N–H and O–H groups in total. The van der Waals surface area contributed by atoms with Crippen LogP contribution in [0, 0.1) is 0 Å². The van der Waals surface area contributed by atoms with E-state index in [2.05, 4.69) is 25.6 Å². The van der Waals surface area contributed by atoms with Crippen LogP contribution in [0.15, 0.2) is 0 Å². The van der Waals surface area contributed by atoms with Gasteiger partial charge < -0.3 is 0 Å². The first-order chi connectivity index (χ1) is 2.50. The van der Waals surface area contributed by atoms with Gasteiger partial charge in [0, 0.05) is 0 Å². The summed E-state index contributed by atoms with van der Waals surface area (Å²) in [5.41, 5.74) is 0. The van der Waals surface area contributed by atoms with E-state index in [4.69, 9.17) is 0 Å². The van der Waals surface area contributed by atoms with Gasteiger partial charge in [0.05, 0.1) is 0 Å². The summed E-state index contributed by atoms with van der Waals surface area (Å²) in [6, 6.07) is 0. The van der Waals surface area contributed by atoms with Crippen LogP contribution in [0.1, 0.15) is 6.42 Å². The fourth-order valence-corrected chi connectivity index (χ4v) is 0.393. The van der Waals surface area contributed by atoms with Gasteiger partial charge in [0.2, 0.25) is 0 Å². The molecule has 0 spiro atoms.